The predicted molar refractivity (Wildman–Crippen MR) is 74.5 cm³/mol. The molecule has 1 aliphatic heterocycles. The lowest BCUT2D eigenvalue weighted by atomic mass is 10.2. The molecule has 1 aromatic carbocycles. The second-order valence-electron chi connectivity index (χ2n) is 4.06. The zero-order valence-electron chi connectivity index (χ0n) is 10.1. The van der Waals surface area contributed by atoms with Gasteiger partial charge in [0.25, 0.3) is 5.91 Å². The van der Waals surface area contributed by atoms with Crippen LogP contribution < -0.4 is 10.1 Å². The van der Waals surface area contributed by atoms with Gasteiger partial charge in [0.05, 0.1) is 21.7 Å². The Kier molecular flexibility index (Phi) is 4.96. The minimum absolute atomic E-state index is 0.241. The Labute approximate surface area is 130 Å². The van der Waals surface area contributed by atoms with Gasteiger partial charge in [-0.15, -0.1) is 0 Å². The van der Waals surface area contributed by atoms with E-state index in [0.29, 0.717) is 18.1 Å². The maximum absolute atomic E-state index is 11.6. The molecule has 0 spiro atoms. The van der Waals surface area contributed by atoms with E-state index in [1.165, 1.54) is 12.1 Å². The van der Waals surface area contributed by atoms with Gasteiger partial charge in [-0.1, -0.05) is 34.8 Å². The standard InChI is InChI=1S/C12H10Cl3NO4/c13-6-3-8(15)10(4-7(6)14)20-5-11(17)16-9-1-2-19-12(9)18/h3-4,9H,1-2,5H2,(H,16,17)/t9-/m1/s1. The number of amides is 1. The number of hydrogen-bond donors (Lipinski definition) is 1. The fourth-order valence-corrected chi connectivity index (χ4v) is 2.21. The number of hydrogen-bond acceptors (Lipinski definition) is 4. The van der Waals surface area contributed by atoms with Crippen molar-refractivity contribution < 1.29 is 19.1 Å². The summed E-state index contributed by atoms with van der Waals surface area (Å²) in [5, 5.41) is 3.31. The molecule has 1 atom stereocenters. The first-order valence-corrected chi connectivity index (χ1v) is 6.84. The average Bonchev–Trinajstić information content (AvgIpc) is 2.78. The number of carbonyl (C=O) groups is 2. The lowest BCUT2D eigenvalue weighted by molar-refractivity contribution is -0.141. The zero-order chi connectivity index (χ0) is 14.7. The molecule has 1 aliphatic rings. The Morgan fingerprint density at radius 1 is 1.30 bits per heavy atom. The SMILES string of the molecule is O=C(COc1cc(Cl)c(Cl)cc1Cl)N[C@@H]1CCOC1=O. The van der Waals surface area contributed by atoms with Crippen molar-refractivity contribution in [3.05, 3.63) is 27.2 Å². The molecule has 0 radical (unpaired) electrons. The van der Waals surface area contributed by atoms with Crippen molar-refractivity contribution in [1.82, 2.24) is 5.32 Å². The highest BCUT2D eigenvalue weighted by Crippen LogP contribution is 2.33. The lowest BCUT2D eigenvalue weighted by Gasteiger charge is -2.11. The van der Waals surface area contributed by atoms with Gasteiger partial charge in [-0.3, -0.25) is 4.79 Å². The van der Waals surface area contributed by atoms with Gasteiger partial charge in [0.1, 0.15) is 11.8 Å². The monoisotopic (exact) mass is 337 g/mol. The van der Waals surface area contributed by atoms with Gasteiger partial charge in [-0.25, -0.2) is 4.79 Å². The van der Waals surface area contributed by atoms with Crippen LogP contribution in [0.25, 0.3) is 0 Å². The molecule has 0 aliphatic carbocycles. The van der Waals surface area contributed by atoms with Crippen molar-refractivity contribution in [2.24, 2.45) is 0 Å². The van der Waals surface area contributed by atoms with Gasteiger partial charge < -0.3 is 14.8 Å². The van der Waals surface area contributed by atoms with E-state index in [1.807, 2.05) is 0 Å². The minimum Gasteiger partial charge on any atom is -0.482 e. The molecule has 108 valence electrons. The maximum atomic E-state index is 11.6. The predicted octanol–water partition coefficient (Wildman–Crippen LogP) is 2.46. The fourth-order valence-electron chi connectivity index (χ4n) is 1.62. The van der Waals surface area contributed by atoms with E-state index >= 15 is 0 Å². The van der Waals surface area contributed by atoms with Crippen LogP contribution in [0.4, 0.5) is 0 Å². The topological polar surface area (TPSA) is 64.6 Å². The van der Waals surface area contributed by atoms with Crippen LogP contribution in [0.5, 0.6) is 5.75 Å². The average molecular weight is 339 g/mol. The summed E-state index contributed by atoms with van der Waals surface area (Å²) in [4.78, 5) is 22.8. The Morgan fingerprint density at radius 2 is 2.00 bits per heavy atom. The minimum atomic E-state index is -0.615. The van der Waals surface area contributed by atoms with Crippen LogP contribution in [0.3, 0.4) is 0 Å². The second kappa shape index (κ2) is 6.52. The lowest BCUT2D eigenvalue weighted by Crippen LogP contribution is -2.40. The third kappa shape index (κ3) is 3.69. The van der Waals surface area contributed by atoms with Crippen molar-refractivity contribution >= 4 is 46.7 Å². The molecule has 2 rings (SSSR count). The van der Waals surface area contributed by atoms with Crippen LogP contribution in [0.1, 0.15) is 6.42 Å². The Morgan fingerprint density at radius 3 is 2.65 bits per heavy atom. The Hall–Kier alpha value is -1.17. The Balaban J connectivity index is 1.90. The molecule has 5 nitrogen and oxygen atoms in total. The molecule has 0 bridgehead atoms. The molecule has 0 saturated carbocycles. The van der Waals surface area contributed by atoms with Crippen LogP contribution in [0.2, 0.25) is 15.1 Å². The number of carbonyl (C=O) groups excluding carboxylic acids is 2. The van der Waals surface area contributed by atoms with Crippen LogP contribution in [0.15, 0.2) is 12.1 Å². The Bertz CT molecular complexity index is 550. The van der Waals surface area contributed by atoms with E-state index < -0.39 is 17.9 Å². The third-order valence-corrected chi connectivity index (χ3v) is 3.62. The van der Waals surface area contributed by atoms with E-state index in [9.17, 15) is 9.59 Å². The van der Waals surface area contributed by atoms with Crippen molar-refractivity contribution in [3.8, 4) is 5.75 Å². The number of cyclic esters (lactones) is 1. The van der Waals surface area contributed by atoms with Crippen LogP contribution >= 0.6 is 34.8 Å². The summed E-state index contributed by atoms with van der Waals surface area (Å²) < 4.78 is 9.97. The number of nitrogens with one attached hydrogen (secondary N) is 1. The summed E-state index contributed by atoms with van der Waals surface area (Å²) in [5.41, 5.74) is 0. The number of halogens is 3. The van der Waals surface area contributed by atoms with Crippen molar-refractivity contribution in [1.29, 1.82) is 0 Å². The summed E-state index contributed by atoms with van der Waals surface area (Å²) in [6.45, 7) is 0.0186. The molecule has 1 N–H and O–H groups in total. The normalized spacial score (nSPS) is 17.8. The second-order valence-corrected chi connectivity index (χ2v) is 5.28. The van der Waals surface area contributed by atoms with Crippen LogP contribution in [-0.4, -0.2) is 31.1 Å². The molecule has 0 unspecified atom stereocenters. The van der Waals surface area contributed by atoms with E-state index in [4.69, 9.17) is 44.3 Å². The highest BCUT2D eigenvalue weighted by Gasteiger charge is 2.27. The number of rotatable bonds is 4. The quantitative estimate of drug-likeness (QED) is 0.676. The summed E-state index contributed by atoms with van der Waals surface area (Å²) in [5.74, 6) is -0.646. The van der Waals surface area contributed by atoms with E-state index in [2.05, 4.69) is 5.32 Å². The van der Waals surface area contributed by atoms with Crippen molar-refractivity contribution in [3.63, 3.8) is 0 Å². The van der Waals surface area contributed by atoms with Gasteiger partial charge in [-0.05, 0) is 6.07 Å². The molecule has 1 aromatic rings. The summed E-state index contributed by atoms with van der Waals surface area (Å²) in [6.07, 6.45) is 0.456. The zero-order valence-corrected chi connectivity index (χ0v) is 12.4. The first-order valence-electron chi connectivity index (χ1n) is 5.70. The van der Waals surface area contributed by atoms with Gasteiger partial charge in [-0.2, -0.15) is 0 Å². The van der Waals surface area contributed by atoms with Gasteiger partial charge in [0, 0.05) is 12.5 Å². The van der Waals surface area contributed by atoms with E-state index in [-0.39, 0.29) is 22.4 Å². The van der Waals surface area contributed by atoms with Gasteiger partial charge in [0.2, 0.25) is 0 Å². The molecule has 0 aromatic heterocycles. The van der Waals surface area contributed by atoms with Crippen LogP contribution in [-0.2, 0) is 14.3 Å². The number of ether oxygens (including phenoxy) is 2. The first kappa shape index (κ1) is 15.2. The molecule has 1 amide bonds. The maximum Gasteiger partial charge on any atom is 0.328 e. The molecule has 20 heavy (non-hydrogen) atoms. The molecular formula is C12H10Cl3NO4. The van der Waals surface area contributed by atoms with Crippen LogP contribution in [0, 0.1) is 0 Å². The highest BCUT2D eigenvalue weighted by molar-refractivity contribution is 6.43. The molecule has 1 saturated heterocycles. The number of benzene rings is 1. The van der Waals surface area contributed by atoms with E-state index in [1.54, 1.807) is 0 Å². The molecule has 1 fully saturated rings. The molecule has 1 heterocycles. The van der Waals surface area contributed by atoms with E-state index in [0.717, 1.165) is 0 Å². The van der Waals surface area contributed by atoms with Crippen molar-refractivity contribution in [2.45, 2.75) is 12.5 Å². The van der Waals surface area contributed by atoms with Crippen molar-refractivity contribution in [2.75, 3.05) is 13.2 Å². The largest absolute Gasteiger partial charge is 0.482 e. The first-order chi connectivity index (χ1) is 9.47. The number of esters is 1. The summed E-state index contributed by atoms with van der Waals surface area (Å²) in [7, 11) is 0. The van der Waals surface area contributed by atoms with Gasteiger partial charge >= 0.3 is 5.97 Å². The molecule has 8 heteroatoms. The molecular weight excluding hydrogens is 328 g/mol. The fraction of sp³-hybridized carbons (Fsp3) is 0.333. The van der Waals surface area contributed by atoms with Gasteiger partial charge in [0.15, 0.2) is 6.61 Å². The third-order valence-electron chi connectivity index (χ3n) is 2.60. The smallest absolute Gasteiger partial charge is 0.328 e. The summed E-state index contributed by atoms with van der Waals surface area (Å²) >= 11 is 17.5. The highest BCUT2D eigenvalue weighted by atomic mass is 35.5. The summed E-state index contributed by atoms with van der Waals surface area (Å²) in [6, 6.07) is 2.23.